The van der Waals surface area contributed by atoms with Crippen LogP contribution in [0, 0.1) is 6.92 Å². The zero-order valence-electron chi connectivity index (χ0n) is 15.4. The maximum atomic E-state index is 12.3. The van der Waals surface area contributed by atoms with Crippen LogP contribution in [0.2, 0.25) is 0 Å². The summed E-state index contributed by atoms with van der Waals surface area (Å²) in [7, 11) is 0. The molecule has 2 N–H and O–H groups in total. The predicted octanol–water partition coefficient (Wildman–Crippen LogP) is 3.13. The SMILES string of the molecule is Cc1nc(C(C)C)sc1C(=O)NCC(=O)Nc1ccc(-n2cccn2)cc1. The van der Waals surface area contributed by atoms with E-state index in [2.05, 4.69) is 20.7 Å². The highest BCUT2D eigenvalue weighted by molar-refractivity contribution is 7.13. The summed E-state index contributed by atoms with van der Waals surface area (Å²) in [5.41, 5.74) is 2.24. The lowest BCUT2D eigenvalue weighted by atomic mass is 10.2. The van der Waals surface area contributed by atoms with E-state index in [0.717, 1.165) is 10.7 Å². The number of aryl methyl sites for hydroxylation is 1. The van der Waals surface area contributed by atoms with Gasteiger partial charge >= 0.3 is 0 Å². The molecule has 27 heavy (non-hydrogen) atoms. The van der Waals surface area contributed by atoms with Crippen LogP contribution >= 0.6 is 11.3 Å². The molecule has 2 aromatic heterocycles. The molecule has 0 saturated heterocycles. The Labute approximate surface area is 161 Å². The lowest BCUT2D eigenvalue weighted by molar-refractivity contribution is -0.115. The van der Waals surface area contributed by atoms with Crippen LogP contribution in [0.4, 0.5) is 5.69 Å². The number of carbonyl (C=O) groups is 2. The minimum absolute atomic E-state index is 0.103. The van der Waals surface area contributed by atoms with Crippen molar-refractivity contribution in [2.24, 2.45) is 0 Å². The Morgan fingerprint density at radius 1 is 1.22 bits per heavy atom. The first kappa shape index (κ1) is 18.8. The molecule has 0 fully saturated rings. The van der Waals surface area contributed by atoms with Crippen molar-refractivity contribution >= 4 is 28.8 Å². The van der Waals surface area contributed by atoms with Gasteiger partial charge in [-0.25, -0.2) is 9.67 Å². The van der Waals surface area contributed by atoms with Gasteiger partial charge in [0.2, 0.25) is 5.91 Å². The summed E-state index contributed by atoms with van der Waals surface area (Å²) in [5.74, 6) is -0.300. The first-order valence-electron chi connectivity index (χ1n) is 8.59. The fourth-order valence-corrected chi connectivity index (χ4v) is 3.43. The van der Waals surface area contributed by atoms with Gasteiger partial charge in [-0.15, -0.1) is 11.3 Å². The third-order valence-electron chi connectivity index (χ3n) is 3.84. The Morgan fingerprint density at radius 3 is 2.56 bits per heavy atom. The van der Waals surface area contributed by atoms with Gasteiger partial charge < -0.3 is 10.6 Å². The van der Waals surface area contributed by atoms with E-state index in [-0.39, 0.29) is 24.3 Å². The highest BCUT2D eigenvalue weighted by atomic mass is 32.1. The largest absolute Gasteiger partial charge is 0.342 e. The quantitative estimate of drug-likeness (QED) is 0.684. The van der Waals surface area contributed by atoms with Crippen LogP contribution in [0.3, 0.4) is 0 Å². The fourth-order valence-electron chi connectivity index (χ4n) is 2.44. The van der Waals surface area contributed by atoms with Crippen LogP contribution in [0.25, 0.3) is 5.69 Å². The molecule has 3 aromatic rings. The van der Waals surface area contributed by atoms with E-state index in [1.165, 1.54) is 11.3 Å². The van der Waals surface area contributed by atoms with E-state index < -0.39 is 0 Å². The molecule has 0 aliphatic heterocycles. The molecule has 0 saturated carbocycles. The van der Waals surface area contributed by atoms with Crippen LogP contribution in [-0.2, 0) is 4.79 Å². The minimum Gasteiger partial charge on any atom is -0.342 e. The summed E-state index contributed by atoms with van der Waals surface area (Å²) in [5, 5.41) is 10.5. The zero-order chi connectivity index (χ0) is 19.4. The summed E-state index contributed by atoms with van der Waals surface area (Å²) in [6, 6.07) is 9.13. The van der Waals surface area contributed by atoms with E-state index in [0.29, 0.717) is 16.3 Å². The Hall–Kier alpha value is -3.00. The van der Waals surface area contributed by atoms with Gasteiger partial charge in [0.05, 0.1) is 22.9 Å². The van der Waals surface area contributed by atoms with Gasteiger partial charge in [0.15, 0.2) is 0 Å². The first-order chi connectivity index (χ1) is 12.9. The summed E-state index contributed by atoms with van der Waals surface area (Å²) in [4.78, 5) is 29.4. The molecule has 0 aliphatic rings. The number of nitrogens with one attached hydrogen (secondary N) is 2. The monoisotopic (exact) mass is 383 g/mol. The first-order valence-corrected chi connectivity index (χ1v) is 9.41. The second-order valence-corrected chi connectivity index (χ2v) is 7.38. The van der Waals surface area contributed by atoms with Crippen molar-refractivity contribution < 1.29 is 9.59 Å². The van der Waals surface area contributed by atoms with E-state index in [1.54, 1.807) is 29.9 Å². The molecule has 1 aromatic carbocycles. The Kier molecular flexibility index (Phi) is 5.66. The highest BCUT2D eigenvalue weighted by Crippen LogP contribution is 2.24. The van der Waals surface area contributed by atoms with E-state index in [9.17, 15) is 9.59 Å². The van der Waals surface area contributed by atoms with Crippen molar-refractivity contribution in [1.29, 1.82) is 0 Å². The number of benzene rings is 1. The fraction of sp³-hybridized carbons (Fsp3) is 0.263. The van der Waals surface area contributed by atoms with Gasteiger partial charge in [-0.3, -0.25) is 9.59 Å². The standard InChI is InChI=1S/C19H21N5O2S/c1-12(2)19-22-13(3)17(27-19)18(26)20-11-16(25)23-14-5-7-15(8-6-14)24-10-4-9-21-24/h4-10,12H,11H2,1-3H3,(H,20,26)(H,23,25). The van der Waals surface area contributed by atoms with Gasteiger partial charge in [0.1, 0.15) is 4.88 Å². The molecule has 140 valence electrons. The molecule has 0 radical (unpaired) electrons. The normalized spacial score (nSPS) is 10.8. The van der Waals surface area contributed by atoms with Gasteiger partial charge in [-0.05, 0) is 37.3 Å². The van der Waals surface area contributed by atoms with E-state index in [1.807, 2.05) is 38.2 Å². The second-order valence-electron chi connectivity index (χ2n) is 6.35. The number of thiazole rings is 1. The molecule has 0 spiro atoms. The summed E-state index contributed by atoms with van der Waals surface area (Å²) >= 11 is 1.37. The second kappa shape index (κ2) is 8.13. The van der Waals surface area contributed by atoms with Gasteiger partial charge in [-0.2, -0.15) is 5.10 Å². The molecule has 3 rings (SSSR count). The van der Waals surface area contributed by atoms with Crippen molar-refractivity contribution in [3.8, 4) is 5.69 Å². The smallest absolute Gasteiger partial charge is 0.263 e. The lowest BCUT2D eigenvalue weighted by Gasteiger charge is -2.08. The molecular weight excluding hydrogens is 362 g/mol. The Bertz CT molecular complexity index is 930. The summed E-state index contributed by atoms with van der Waals surface area (Å²) < 4.78 is 1.73. The summed E-state index contributed by atoms with van der Waals surface area (Å²) in [6.45, 7) is 5.77. The van der Waals surface area contributed by atoms with Gasteiger partial charge in [0, 0.05) is 24.0 Å². The Balaban J connectivity index is 1.54. The number of carbonyl (C=O) groups excluding carboxylic acids is 2. The number of amides is 2. The number of hydrogen-bond acceptors (Lipinski definition) is 5. The third-order valence-corrected chi connectivity index (χ3v) is 5.30. The van der Waals surface area contributed by atoms with Crippen LogP contribution in [-0.4, -0.2) is 33.1 Å². The highest BCUT2D eigenvalue weighted by Gasteiger charge is 2.17. The molecule has 2 heterocycles. The molecule has 2 amide bonds. The van der Waals surface area contributed by atoms with Crippen LogP contribution in [0.1, 0.15) is 40.1 Å². The van der Waals surface area contributed by atoms with Crippen molar-refractivity contribution in [3.05, 3.63) is 58.3 Å². The molecule has 7 nitrogen and oxygen atoms in total. The maximum absolute atomic E-state index is 12.3. The molecule has 0 unspecified atom stereocenters. The zero-order valence-corrected chi connectivity index (χ0v) is 16.2. The predicted molar refractivity (Wildman–Crippen MR) is 105 cm³/mol. The lowest BCUT2D eigenvalue weighted by Crippen LogP contribution is -2.32. The van der Waals surface area contributed by atoms with Gasteiger partial charge in [0.25, 0.3) is 5.91 Å². The number of nitrogens with zero attached hydrogens (tertiary/aromatic N) is 3. The Morgan fingerprint density at radius 2 is 1.96 bits per heavy atom. The van der Waals surface area contributed by atoms with Gasteiger partial charge in [-0.1, -0.05) is 13.8 Å². The number of aromatic nitrogens is 3. The van der Waals surface area contributed by atoms with E-state index in [4.69, 9.17) is 0 Å². The van der Waals surface area contributed by atoms with Crippen LogP contribution in [0.15, 0.2) is 42.7 Å². The average molecular weight is 383 g/mol. The molecule has 0 bridgehead atoms. The topological polar surface area (TPSA) is 88.9 Å². The molecular formula is C19H21N5O2S. The van der Waals surface area contributed by atoms with Crippen molar-refractivity contribution in [2.75, 3.05) is 11.9 Å². The number of anilines is 1. The molecule has 0 atom stereocenters. The number of hydrogen-bond donors (Lipinski definition) is 2. The third kappa shape index (κ3) is 4.59. The van der Waals surface area contributed by atoms with Crippen molar-refractivity contribution in [1.82, 2.24) is 20.1 Å². The molecule has 8 heteroatoms. The minimum atomic E-state index is -0.290. The van der Waals surface area contributed by atoms with Crippen LogP contribution in [0.5, 0.6) is 0 Å². The molecule has 0 aliphatic carbocycles. The van der Waals surface area contributed by atoms with E-state index >= 15 is 0 Å². The number of rotatable bonds is 6. The van der Waals surface area contributed by atoms with Crippen molar-refractivity contribution in [3.63, 3.8) is 0 Å². The average Bonchev–Trinajstić information content (AvgIpc) is 3.30. The van der Waals surface area contributed by atoms with Crippen molar-refractivity contribution in [2.45, 2.75) is 26.7 Å². The van der Waals surface area contributed by atoms with Crippen LogP contribution < -0.4 is 10.6 Å². The summed E-state index contributed by atoms with van der Waals surface area (Å²) in [6.07, 6.45) is 3.54. The maximum Gasteiger partial charge on any atom is 0.263 e.